The maximum absolute atomic E-state index is 14.1. The molecule has 5 aromatic carbocycles. The van der Waals surface area contributed by atoms with E-state index in [9.17, 15) is 58.2 Å². The van der Waals surface area contributed by atoms with Gasteiger partial charge in [-0.3, -0.25) is 48.1 Å². The fourth-order valence-corrected chi connectivity index (χ4v) is 13.4. The zero-order valence-electron chi connectivity index (χ0n) is 50.5. The molecule has 1 aliphatic heterocycles. The van der Waals surface area contributed by atoms with Crippen LogP contribution in [0.15, 0.2) is 114 Å². The van der Waals surface area contributed by atoms with Crippen molar-refractivity contribution in [2.24, 2.45) is 11.7 Å². The quantitative estimate of drug-likeness (QED) is 0.0116. The maximum atomic E-state index is 14.1. The molecule has 0 bridgehead atoms. The van der Waals surface area contributed by atoms with Crippen molar-refractivity contribution in [3.63, 3.8) is 0 Å². The van der Waals surface area contributed by atoms with Crippen LogP contribution in [-0.4, -0.2) is 136 Å². The summed E-state index contributed by atoms with van der Waals surface area (Å²) in [5, 5.41) is 37.0. The lowest BCUT2D eigenvalue weighted by molar-refractivity contribution is -0.144. The van der Waals surface area contributed by atoms with Crippen molar-refractivity contribution in [2.45, 2.75) is 76.4 Å². The summed E-state index contributed by atoms with van der Waals surface area (Å²) in [4.78, 5) is 152. The summed E-state index contributed by atoms with van der Waals surface area (Å²) in [6.07, 6.45) is 0.241. The zero-order valence-corrected chi connectivity index (χ0v) is 52.9. The number of fused-ring (bicyclic) bond motifs is 6. The van der Waals surface area contributed by atoms with Gasteiger partial charge in [0, 0.05) is 112 Å². The Labute approximate surface area is 548 Å². The molecule has 4 atom stereocenters. The summed E-state index contributed by atoms with van der Waals surface area (Å²) in [6.45, 7) is 2.88. The number of nitrogens with one attached hydrogen (secondary N) is 8. The summed E-state index contributed by atoms with van der Waals surface area (Å²) in [5.41, 5.74) is 18.8. The van der Waals surface area contributed by atoms with E-state index in [1.807, 2.05) is 25.1 Å². The van der Waals surface area contributed by atoms with Gasteiger partial charge in [0.2, 0.25) is 17.8 Å². The third-order valence-electron chi connectivity index (χ3n) is 15.8. The standard InChI is InChI=1S/C65H65ClN14O12S2/c1-33-21-52-56(45-7-3-2-6-44(33)45)38(28-66)31-80(52)63(90)50-25-36-23-41(13-17-48(36)76-50)74-61(88)49-24-35-22-40(12-16-47(35)75-49)72-54(83)18-20-93-94-32-51(64(91)92)77-60(87)37(27-55(84)85)26-53(82)46(67)15-14-43(81)5-4-19-69-59(86)34-8-10-39(11-9-34)70-29-42-30-71-58-57(73-42)62(89)79-65(68)78-58/h2-3,6-13,16-17,21-25,30,37-38,46,51,70,75-76H,4-5,14-15,18-20,26-29,31-32,67H2,1H3,(H,69,86)(H,72,83)(H,74,88)(H,77,87)(H,84,85)(H,91,92)(H3,68,71,78,79,89). The number of Topliss-reactive ketones (excluding diaryl/α,β-unsaturated/α-hetero) is 2. The van der Waals surface area contributed by atoms with Crippen LogP contribution in [0.25, 0.3) is 43.7 Å². The molecule has 9 aromatic rings. The van der Waals surface area contributed by atoms with Gasteiger partial charge in [-0.1, -0.05) is 45.9 Å². The minimum atomic E-state index is -1.48. The Morgan fingerprint density at radius 2 is 1.47 bits per heavy atom. The van der Waals surface area contributed by atoms with Gasteiger partial charge in [0.1, 0.15) is 29.0 Å². The van der Waals surface area contributed by atoms with Crippen LogP contribution in [0.2, 0.25) is 0 Å². The summed E-state index contributed by atoms with van der Waals surface area (Å²) in [6, 6.07) is 27.9. The number of carboxylic acids is 2. The molecule has 0 spiro atoms. The van der Waals surface area contributed by atoms with Gasteiger partial charge in [-0.25, -0.2) is 14.8 Å². The highest BCUT2D eigenvalue weighted by atomic mass is 35.5. The van der Waals surface area contributed by atoms with E-state index in [0.29, 0.717) is 69.3 Å². The van der Waals surface area contributed by atoms with Gasteiger partial charge < -0.3 is 63.1 Å². The van der Waals surface area contributed by atoms with Gasteiger partial charge in [0.15, 0.2) is 11.2 Å². The van der Waals surface area contributed by atoms with Crippen molar-refractivity contribution in [2.75, 3.05) is 57.1 Å². The molecular weight excluding hydrogens is 1270 g/mol. The van der Waals surface area contributed by atoms with Crippen LogP contribution in [0.4, 0.5) is 28.7 Å². The van der Waals surface area contributed by atoms with Gasteiger partial charge in [-0.2, -0.15) is 4.98 Å². The highest BCUT2D eigenvalue weighted by Gasteiger charge is 2.36. The second-order valence-corrected chi connectivity index (χ2v) is 25.5. The van der Waals surface area contributed by atoms with Gasteiger partial charge >= 0.3 is 11.9 Å². The van der Waals surface area contributed by atoms with Crippen LogP contribution in [0.5, 0.6) is 0 Å². The molecule has 1 aliphatic rings. The molecule has 14 N–H and O–H groups in total. The smallest absolute Gasteiger partial charge is 0.327 e. The lowest BCUT2D eigenvalue weighted by Crippen LogP contribution is -2.46. The maximum Gasteiger partial charge on any atom is 0.327 e. The number of alkyl halides is 1. The number of hydrogen-bond donors (Lipinski definition) is 12. The van der Waals surface area contributed by atoms with Crippen molar-refractivity contribution in [3.8, 4) is 0 Å². The fraction of sp³-hybridized carbons (Fsp3) is 0.277. The molecule has 26 nitrogen and oxygen atoms in total. The number of anilines is 5. The highest BCUT2D eigenvalue weighted by Crippen LogP contribution is 2.44. The Balaban J connectivity index is 0.614. The van der Waals surface area contributed by atoms with Gasteiger partial charge in [0.05, 0.1) is 36.8 Å². The third kappa shape index (κ3) is 16.4. The molecule has 29 heteroatoms. The summed E-state index contributed by atoms with van der Waals surface area (Å²) in [5.74, 6) is -7.17. The Morgan fingerprint density at radius 1 is 0.777 bits per heavy atom. The number of aliphatic carboxylic acids is 2. The average molecular weight is 1330 g/mol. The number of hydrogen-bond acceptors (Lipinski definition) is 18. The number of carbonyl (C=O) groups excluding carboxylic acids is 7. The average Bonchev–Trinajstić information content (AvgIpc) is 1.56. The Hall–Kier alpha value is -10.2. The predicted octanol–water partition coefficient (Wildman–Crippen LogP) is 7.78. The van der Waals surface area contributed by atoms with E-state index in [1.54, 1.807) is 77.7 Å². The van der Waals surface area contributed by atoms with Crippen LogP contribution in [-0.2, 0) is 35.3 Å². The number of amides is 5. The number of nitrogen functional groups attached to an aromatic ring is 1. The first-order chi connectivity index (χ1) is 45.2. The minimum absolute atomic E-state index is 0.0259. The number of carboxylic acid groups (broad SMARTS) is 2. The molecule has 0 radical (unpaired) electrons. The number of carbonyl (C=O) groups is 9. The summed E-state index contributed by atoms with van der Waals surface area (Å²) in [7, 11) is 2.24. The van der Waals surface area contributed by atoms with Crippen LogP contribution in [0.1, 0.15) is 99.0 Å². The number of nitrogens with two attached hydrogens (primary N) is 2. The van der Waals surface area contributed by atoms with Crippen LogP contribution >= 0.6 is 33.2 Å². The number of rotatable bonds is 30. The Morgan fingerprint density at radius 3 is 2.18 bits per heavy atom. The van der Waals surface area contributed by atoms with E-state index < -0.39 is 65.9 Å². The highest BCUT2D eigenvalue weighted by molar-refractivity contribution is 8.76. The van der Waals surface area contributed by atoms with Crippen LogP contribution < -0.4 is 48.5 Å². The van der Waals surface area contributed by atoms with Crippen molar-refractivity contribution < 1.29 is 53.4 Å². The first-order valence-corrected chi connectivity index (χ1v) is 32.9. The molecule has 486 valence electrons. The molecule has 4 unspecified atom stereocenters. The van der Waals surface area contributed by atoms with E-state index in [2.05, 4.69) is 68.6 Å². The monoisotopic (exact) mass is 1330 g/mol. The van der Waals surface area contributed by atoms with Crippen molar-refractivity contribution in [1.29, 1.82) is 0 Å². The molecule has 0 saturated carbocycles. The number of ketones is 2. The molecule has 4 aromatic heterocycles. The molecule has 5 heterocycles. The summed E-state index contributed by atoms with van der Waals surface area (Å²) < 4.78 is 0. The van der Waals surface area contributed by atoms with Gasteiger partial charge in [-0.05, 0) is 121 Å². The number of nitrogens with zero attached hydrogens (tertiary/aromatic N) is 4. The predicted molar refractivity (Wildman–Crippen MR) is 361 cm³/mol. The van der Waals surface area contributed by atoms with Crippen molar-refractivity contribution in [3.05, 3.63) is 153 Å². The molecule has 0 fully saturated rings. The largest absolute Gasteiger partial charge is 0.481 e. The zero-order chi connectivity index (χ0) is 66.7. The molecular formula is C65H65ClN14O12S2. The number of aromatic nitrogens is 6. The van der Waals surface area contributed by atoms with Gasteiger partial charge in [-0.15, -0.1) is 11.6 Å². The number of aryl methyl sites for hydroxylation is 1. The lowest BCUT2D eigenvalue weighted by atomic mass is 9.92. The topological polar surface area (TPSA) is 413 Å². The Bertz CT molecular complexity index is 4500. The van der Waals surface area contributed by atoms with E-state index in [0.717, 1.165) is 43.8 Å². The Kier molecular flexibility index (Phi) is 21.4. The van der Waals surface area contributed by atoms with Crippen LogP contribution in [0, 0.1) is 12.8 Å². The first-order valence-electron chi connectivity index (χ1n) is 29.9. The molecule has 0 aliphatic carbocycles. The SMILES string of the molecule is Cc1cc2c(c3ccccc13)C(CCl)CN2C(=O)c1cc2cc(NC(=O)c3cc4cc(NC(=O)CCSSCC(NC(=O)C(CC(=O)O)CC(=O)C(N)CCC(=O)CCCNC(=O)c5ccc(NCc6cnc7nc(N)[nH]c(=O)c7n6)cc5)C(=O)O)ccc4[nH]3)ccc2[nH]1. The molecule has 10 rings (SSSR count). The molecule has 5 amide bonds. The van der Waals surface area contributed by atoms with E-state index in [-0.39, 0.29) is 103 Å². The normalized spacial score (nSPS) is 13.7. The fourth-order valence-electron chi connectivity index (χ4n) is 11.0. The first kappa shape index (κ1) is 66.8. The summed E-state index contributed by atoms with van der Waals surface area (Å²) >= 11 is 6.47. The van der Waals surface area contributed by atoms with Crippen molar-refractivity contribution >= 4 is 159 Å². The molecule has 0 saturated heterocycles. The van der Waals surface area contributed by atoms with E-state index in [1.165, 1.54) is 17.0 Å². The second-order valence-electron chi connectivity index (χ2n) is 22.6. The van der Waals surface area contributed by atoms with E-state index >= 15 is 0 Å². The minimum Gasteiger partial charge on any atom is -0.481 e. The van der Waals surface area contributed by atoms with E-state index in [4.69, 9.17) is 23.1 Å². The lowest BCUT2D eigenvalue weighted by Gasteiger charge is -2.20. The van der Waals surface area contributed by atoms with Crippen molar-refractivity contribution in [1.82, 2.24) is 40.5 Å². The van der Waals surface area contributed by atoms with Crippen LogP contribution in [0.3, 0.4) is 0 Å². The number of halogens is 1. The van der Waals surface area contributed by atoms with Gasteiger partial charge in [0.25, 0.3) is 23.3 Å². The number of benzene rings is 5. The number of H-pyrrole nitrogens is 3. The number of aromatic amines is 3. The second kappa shape index (κ2) is 30.1. The molecule has 94 heavy (non-hydrogen) atoms. The third-order valence-corrected chi connectivity index (χ3v) is 18.6.